The number of hydrogen-bond donors (Lipinski definition) is 0. The Balaban J connectivity index is 0. The van der Waals surface area contributed by atoms with Crippen molar-refractivity contribution in [2.75, 3.05) is 0 Å². The van der Waals surface area contributed by atoms with Gasteiger partial charge in [-0.15, -0.1) is 6.42 Å². The summed E-state index contributed by atoms with van der Waals surface area (Å²) in [4.78, 5) is 0. The maximum Gasteiger partial charge on any atom is 3.00 e. The molecule has 0 amide bonds. The Morgan fingerprint density at radius 3 is 2.30 bits per heavy atom. The monoisotopic (exact) mass is 345 g/mol. The molecule has 1 atom stereocenters. The molecule has 0 saturated carbocycles. The van der Waals surface area contributed by atoms with E-state index < -0.39 is 0 Å². The van der Waals surface area contributed by atoms with Gasteiger partial charge in [0, 0.05) is 0 Å². The summed E-state index contributed by atoms with van der Waals surface area (Å²) in [5, 5.41) is 0. The van der Waals surface area contributed by atoms with Gasteiger partial charge in [0.05, 0.1) is 12.2 Å². The van der Waals surface area contributed by atoms with E-state index in [9.17, 15) is 0 Å². The molecule has 0 fully saturated rings. The third kappa shape index (κ3) is 7.10. The largest absolute Gasteiger partial charge is 3.00 e. The van der Waals surface area contributed by atoms with Crippen LogP contribution in [0.15, 0.2) is 48.1 Å². The minimum absolute atomic E-state index is 0. The molecule has 1 nitrogen and oxygen atoms in total. The fourth-order valence-corrected chi connectivity index (χ4v) is 2.03. The van der Waals surface area contributed by atoms with Crippen LogP contribution in [0.5, 0.6) is 0 Å². The van der Waals surface area contributed by atoms with E-state index in [4.69, 9.17) is 4.74 Å². The quantitative estimate of drug-likeness (QED) is 0.454. The summed E-state index contributed by atoms with van der Waals surface area (Å²) in [6.45, 7) is 4.16. The Hall–Kier alpha value is -0.0457. The molecule has 0 heterocycles. The second-order valence-corrected chi connectivity index (χ2v) is 4.60. The molecule has 0 saturated heterocycles. The molecule has 2 rings (SSSR count). The molecule has 0 spiro atoms. The Morgan fingerprint density at radius 2 is 1.80 bits per heavy atom. The maximum atomic E-state index is 6.00. The summed E-state index contributed by atoms with van der Waals surface area (Å²) in [5.41, 5.74) is 2.51. The molecule has 4 heteroatoms. The number of benzene rings is 1. The van der Waals surface area contributed by atoms with Crippen molar-refractivity contribution in [3.8, 4) is 0 Å². The second-order valence-electron chi connectivity index (χ2n) is 4.60. The molecule has 1 aromatic carbocycles. The van der Waals surface area contributed by atoms with Gasteiger partial charge >= 0.3 is 21.7 Å². The van der Waals surface area contributed by atoms with Crippen molar-refractivity contribution in [2.24, 2.45) is 0 Å². The van der Waals surface area contributed by atoms with Crippen molar-refractivity contribution in [1.82, 2.24) is 0 Å². The van der Waals surface area contributed by atoms with Crippen LogP contribution in [0.3, 0.4) is 0 Å². The van der Waals surface area contributed by atoms with Gasteiger partial charge in [0.15, 0.2) is 0 Å². The summed E-state index contributed by atoms with van der Waals surface area (Å²) in [5.74, 6) is 0. The van der Waals surface area contributed by atoms with E-state index in [0.29, 0.717) is 0 Å². The van der Waals surface area contributed by atoms with Gasteiger partial charge in [-0.05, 0) is 25.8 Å². The number of rotatable bonds is 5. The van der Waals surface area contributed by atoms with Gasteiger partial charge in [-0.3, -0.25) is 6.08 Å². The van der Waals surface area contributed by atoms with E-state index in [1.54, 1.807) is 0 Å². The molecule has 1 radical (unpaired) electrons. The first-order valence-corrected chi connectivity index (χ1v) is 6.22. The first kappa shape index (κ1) is 22.2. The van der Waals surface area contributed by atoms with E-state index >= 15 is 0 Å². The van der Waals surface area contributed by atoms with E-state index in [-0.39, 0.29) is 58.7 Å². The standard InChI is InChI=1S/C16H19O.2ClH.Ti/c1-13(2)17-16(12-14-8-6-7-9-14)15-10-4-3-5-11-15;;;/h3-6,8,10-11,13,16H,7,12H2,1-2H3;2*1H;/q-1;;;+3/p-2. The Bertz CT molecular complexity index is 416. The van der Waals surface area contributed by atoms with Crippen molar-refractivity contribution in [1.29, 1.82) is 0 Å². The molecule has 107 valence electrons. The fourth-order valence-electron chi connectivity index (χ4n) is 2.03. The van der Waals surface area contributed by atoms with Crippen molar-refractivity contribution in [3.63, 3.8) is 0 Å². The molecular formula is C16H19Cl2OTi. The average molecular weight is 346 g/mol. The van der Waals surface area contributed by atoms with Crippen LogP contribution in [-0.4, -0.2) is 6.10 Å². The molecule has 1 aromatic rings. The van der Waals surface area contributed by atoms with Crippen LogP contribution in [0.25, 0.3) is 0 Å². The smallest absolute Gasteiger partial charge is 1.00 e. The van der Waals surface area contributed by atoms with Gasteiger partial charge in [0.2, 0.25) is 0 Å². The van der Waals surface area contributed by atoms with Crippen LogP contribution in [-0.2, 0) is 26.5 Å². The zero-order chi connectivity index (χ0) is 12.1. The van der Waals surface area contributed by atoms with E-state index in [1.165, 1.54) is 11.1 Å². The van der Waals surface area contributed by atoms with Gasteiger partial charge in [-0.25, -0.2) is 11.6 Å². The van der Waals surface area contributed by atoms with Crippen molar-refractivity contribution in [2.45, 2.75) is 38.9 Å². The first-order chi connectivity index (χ1) is 8.25. The van der Waals surface area contributed by atoms with E-state index in [2.05, 4.69) is 56.3 Å². The Morgan fingerprint density at radius 1 is 1.15 bits per heavy atom. The molecular weight excluding hydrogens is 327 g/mol. The van der Waals surface area contributed by atoms with Crippen LogP contribution in [0.1, 0.15) is 38.4 Å². The molecule has 1 aliphatic rings. The molecule has 1 aliphatic carbocycles. The zero-order valence-corrected chi connectivity index (χ0v) is 14.8. The molecule has 0 bridgehead atoms. The first-order valence-electron chi connectivity index (χ1n) is 6.22. The van der Waals surface area contributed by atoms with Crippen molar-refractivity contribution >= 4 is 0 Å². The van der Waals surface area contributed by atoms with Crippen LogP contribution < -0.4 is 24.8 Å². The molecule has 0 aliphatic heterocycles. The summed E-state index contributed by atoms with van der Waals surface area (Å²) in [7, 11) is 0. The molecule has 1 unspecified atom stereocenters. The van der Waals surface area contributed by atoms with Gasteiger partial charge in [0.25, 0.3) is 0 Å². The number of halogens is 2. The van der Waals surface area contributed by atoms with Crippen LogP contribution in [0.2, 0.25) is 0 Å². The van der Waals surface area contributed by atoms with Gasteiger partial charge in [0.1, 0.15) is 0 Å². The molecule has 20 heavy (non-hydrogen) atoms. The van der Waals surface area contributed by atoms with E-state index in [1.807, 2.05) is 6.07 Å². The molecule has 0 N–H and O–H groups in total. The third-order valence-electron chi connectivity index (χ3n) is 2.78. The van der Waals surface area contributed by atoms with Crippen LogP contribution in [0, 0.1) is 6.08 Å². The summed E-state index contributed by atoms with van der Waals surface area (Å²) < 4.78 is 6.00. The van der Waals surface area contributed by atoms with Crippen molar-refractivity contribution in [3.05, 3.63) is 59.7 Å². The normalized spacial score (nSPS) is 13.8. The third-order valence-corrected chi connectivity index (χ3v) is 2.78. The molecule has 0 aromatic heterocycles. The zero-order valence-electron chi connectivity index (χ0n) is 11.8. The van der Waals surface area contributed by atoms with Gasteiger partial charge in [-0.2, -0.15) is 6.08 Å². The second kappa shape index (κ2) is 11.6. The average Bonchev–Trinajstić information content (AvgIpc) is 2.82. The van der Waals surface area contributed by atoms with Crippen LogP contribution in [0.4, 0.5) is 0 Å². The van der Waals surface area contributed by atoms with Crippen molar-refractivity contribution < 1.29 is 51.3 Å². The summed E-state index contributed by atoms with van der Waals surface area (Å²) >= 11 is 0. The summed E-state index contributed by atoms with van der Waals surface area (Å²) in [6.07, 6.45) is 9.89. The van der Waals surface area contributed by atoms with E-state index in [0.717, 1.165) is 12.8 Å². The Labute approximate surface area is 149 Å². The maximum absolute atomic E-state index is 6.00. The van der Waals surface area contributed by atoms with Gasteiger partial charge in [-0.1, -0.05) is 30.3 Å². The number of hydrogen-bond acceptors (Lipinski definition) is 1. The minimum atomic E-state index is 0. The predicted octanol–water partition coefficient (Wildman–Crippen LogP) is -1.76. The SMILES string of the molecule is CC(C)OC(CC1=[C-]CC=C1)c1ccccc1.[Cl-].[Cl-].[Ti+3]. The Kier molecular flexibility index (Phi) is 12.9. The van der Waals surface area contributed by atoms with Gasteiger partial charge < -0.3 is 29.6 Å². The number of allylic oxidation sites excluding steroid dienone is 3. The topological polar surface area (TPSA) is 9.23 Å². The minimum Gasteiger partial charge on any atom is -1.00 e. The van der Waals surface area contributed by atoms with Crippen LogP contribution >= 0.6 is 0 Å². The predicted molar refractivity (Wildman–Crippen MR) is 70.5 cm³/mol. The number of ether oxygens (including phenoxy) is 1. The summed E-state index contributed by atoms with van der Waals surface area (Å²) in [6, 6.07) is 10.4. The fraction of sp³-hybridized carbons (Fsp3) is 0.375.